The molecular weight excluding hydrogens is 142 g/mol. The molecule has 0 saturated heterocycles. The third-order valence-corrected chi connectivity index (χ3v) is 1.20. The maximum atomic E-state index is 12.3. The second-order valence-corrected chi connectivity index (χ2v) is 2.09. The molecule has 3 heteroatoms. The second-order valence-electron chi connectivity index (χ2n) is 2.09. The van der Waals surface area contributed by atoms with Crippen LogP contribution >= 0.6 is 0 Å². The highest BCUT2D eigenvalue weighted by Crippen LogP contribution is 2.10. The van der Waals surface area contributed by atoms with Crippen LogP contribution in [0.5, 0.6) is 5.75 Å². The Morgan fingerprint density at radius 1 is 1.27 bits per heavy atom. The standard InChI is InChI=1S/C8H8BFO/c9-5-6-11-8-3-1-7(10)2-4-8/h1-4H,5-6H2. The highest BCUT2D eigenvalue weighted by Gasteiger charge is 1.91. The first-order chi connectivity index (χ1) is 5.33. The normalized spacial score (nSPS) is 9.55. The molecule has 0 aromatic heterocycles. The zero-order chi connectivity index (χ0) is 8.10. The van der Waals surface area contributed by atoms with E-state index >= 15 is 0 Å². The van der Waals surface area contributed by atoms with E-state index in [2.05, 4.69) is 0 Å². The van der Waals surface area contributed by atoms with Crippen molar-refractivity contribution in [1.29, 1.82) is 0 Å². The SMILES string of the molecule is [B]CCOc1ccc(F)cc1. The molecule has 1 rings (SSSR count). The van der Waals surface area contributed by atoms with Gasteiger partial charge in [0.1, 0.15) is 11.6 Å². The summed E-state index contributed by atoms with van der Waals surface area (Å²) in [5.74, 6) is 0.391. The molecule has 0 saturated carbocycles. The van der Waals surface area contributed by atoms with E-state index < -0.39 is 0 Å². The van der Waals surface area contributed by atoms with Crippen molar-refractivity contribution in [2.45, 2.75) is 6.32 Å². The predicted molar refractivity (Wildman–Crippen MR) is 42.5 cm³/mol. The number of hydrogen-bond donors (Lipinski definition) is 0. The van der Waals surface area contributed by atoms with E-state index in [1.807, 2.05) is 0 Å². The van der Waals surface area contributed by atoms with Crippen molar-refractivity contribution < 1.29 is 9.13 Å². The number of hydrogen-bond acceptors (Lipinski definition) is 1. The second kappa shape index (κ2) is 4.01. The summed E-state index contributed by atoms with van der Waals surface area (Å²) < 4.78 is 17.4. The van der Waals surface area contributed by atoms with Gasteiger partial charge in [0.2, 0.25) is 0 Å². The monoisotopic (exact) mass is 150 g/mol. The van der Waals surface area contributed by atoms with Gasteiger partial charge in [-0.2, -0.15) is 0 Å². The lowest BCUT2D eigenvalue weighted by molar-refractivity contribution is 0.340. The van der Waals surface area contributed by atoms with Gasteiger partial charge in [-0.3, -0.25) is 0 Å². The van der Waals surface area contributed by atoms with Crippen molar-refractivity contribution >= 4 is 7.85 Å². The molecule has 11 heavy (non-hydrogen) atoms. The van der Waals surface area contributed by atoms with Crippen LogP contribution in [0, 0.1) is 5.82 Å². The van der Waals surface area contributed by atoms with Crippen molar-refractivity contribution in [3.05, 3.63) is 30.1 Å². The van der Waals surface area contributed by atoms with Gasteiger partial charge in [0, 0.05) is 0 Å². The minimum Gasteiger partial charge on any atom is -0.494 e. The molecule has 0 aliphatic rings. The van der Waals surface area contributed by atoms with Crippen LogP contribution < -0.4 is 4.74 Å². The fourth-order valence-electron chi connectivity index (χ4n) is 0.708. The number of rotatable bonds is 3. The Labute approximate surface area is 66.6 Å². The van der Waals surface area contributed by atoms with Crippen molar-refractivity contribution in [3.8, 4) is 5.75 Å². The number of ether oxygens (including phenoxy) is 1. The zero-order valence-corrected chi connectivity index (χ0v) is 6.09. The minimum absolute atomic E-state index is 0.259. The van der Waals surface area contributed by atoms with Crippen molar-refractivity contribution in [3.63, 3.8) is 0 Å². The molecule has 0 unspecified atom stereocenters. The maximum Gasteiger partial charge on any atom is 0.123 e. The first-order valence-corrected chi connectivity index (χ1v) is 3.41. The molecule has 0 atom stereocenters. The van der Waals surface area contributed by atoms with Gasteiger partial charge in [-0.15, -0.1) is 0 Å². The molecule has 1 aromatic rings. The van der Waals surface area contributed by atoms with E-state index in [1.54, 1.807) is 12.1 Å². The Kier molecular flexibility index (Phi) is 2.96. The van der Waals surface area contributed by atoms with Gasteiger partial charge in [-0.1, -0.05) is 6.32 Å². The first-order valence-electron chi connectivity index (χ1n) is 3.41. The fraction of sp³-hybridized carbons (Fsp3) is 0.250. The molecule has 0 spiro atoms. The van der Waals surface area contributed by atoms with Crippen LogP contribution in [0.1, 0.15) is 0 Å². The lowest BCUT2D eigenvalue weighted by Crippen LogP contribution is -1.95. The zero-order valence-electron chi connectivity index (χ0n) is 6.09. The topological polar surface area (TPSA) is 9.23 Å². The highest BCUT2D eigenvalue weighted by atomic mass is 19.1. The molecule has 0 fully saturated rings. The third kappa shape index (κ3) is 2.62. The fourth-order valence-corrected chi connectivity index (χ4v) is 0.708. The summed E-state index contributed by atoms with van der Waals surface area (Å²) in [6, 6.07) is 5.85. The average molecular weight is 150 g/mol. The summed E-state index contributed by atoms with van der Waals surface area (Å²) in [4.78, 5) is 0. The summed E-state index contributed by atoms with van der Waals surface area (Å²) in [5, 5.41) is 0. The summed E-state index contributed by atoms with van der Waals surface area (Å²) in [7, 11) is 5.21. The van der Waals surface area contributed by atoms with Gasteiger partial charge < -0.3 is 4.74 Å². The van der Waals surface area contributed by atoms with E-state index in [4.69, 9.17) is 12.6 Å². The van der Waals surface area contributed by atoms with E-state index in [-0.39, 0.29) is 5.82 Å². The Morgan fingerprint density at radius 3 is 2.45 bits per heavy atom. The molecule has 0 heterocycles. The summed E-state index contributed by atoms with van der Waals surface area (Å²) in [5.41, 5.74) is 0. The summed E-state index contributed by atoms with van der Waals surface area (Å²) in [6.07, 6.45) is 0.470. The van der Waals surface area contributed by atoms with Gasteiger partial charge in [-0.25, -0.2) is 4.39 Å². The average Bonchev–Trinajstić information content (AvgIpc) is 2.04. The maximum absolute atomic E-state index is 12.3. The molecule has 0 amide bonds. The lowest BCUT2D eigenvalue weighted by atomic mass is 10.1. The molecule has 2 radical (unpaired) electrons. The molecule has 0 aliphatic heterocycles. The van der Waals surface area contributed by atoms with Crippen LogP contribution in [-0.4, -0.2) is 14.5 Å². The van der Waals surface area contributed by atoms with Crippen LogP contribution in [0.3, 0.4) is 0 Å². The minimum atomic E-state index is -0.259. The number of halogens is 1. The van der Waals surface area contributed by atoms with Gasteiger partial charge in [0.25, 0.3) is 0 Å². The van der Waals surface area contributed by atoms with Crippen LogP contribution in [0.4, 0.5) is 4.39 Å². The first kappa shape index (κ1) is 8.11. The largest absolute Gasteiger partial charge is 0.494 e. The quantitative estimate of drug-likeness (QED) is 0.596. The number of benzene rings is 1. The van der Waals surface area contributed by atoms with Gasteiger partial charge in [0.15, 0.2) is 0 Å². The summed E-state index contributed by atoms with van der Waals surface area (Å²) >= 11 is 0. The van der Waals surface area contributed by atoms with Crippen LogP contribution in [-0.2, 0) is 0 Å². The Bertz CT molecular complexity index is 210. The van der Waals surface area contributed by atoms with Gasteiger partial charge in [-0.05, 0) is 24.3 Å². The Hall–Kier alpha value is -0.985. The van der Waals surface area contributed by atoms with Gasteiger partial charge >= 0.3 is 0 Å². The predicted octanol–water partition coefficient (Wildman–Crippen LogP) is 1.79. The van der Waals surface area contributed by atoms with Crippen molar-refractivity contribution in [1.82, 2.24) is 0 Å². The van der Waals surface area contributed by atoms with E-state index in [1.165, 1.54) is 12.1 Å². The molecular formula is C8H8BFO. The lowest BCUT2D eigenvalue weighted by Gasteiger charge is -2.02. The third-order valence-electron chi connectivity index (χ3n) is 1.20. The molecule has 0 bridgehead atoms. The van der Waals surface area contributed by atoms with Gasteiger partial charge in [0.05, 0.1) is 14.5 Å². The smallest absolute Gasteiger partial charge is 0.123 e. The van der Waals surface area contributed by atoms with Crippen LogP contribution in [0.15, 0.2) is 24.3 Å². The molecule has 1 aromatic carbocycles. The molecule has 56 valence electrons. The highest BCUT2D eigenvalue weighted by molar-refractivity contribution is 6.08. The Balaban J connectivity index is 2.52. The van der Waals surface area contributed by atoms with E-state index in [0.717, 1.165) is 0 Å². The van der Waals surface area contributed by atoms with E-state index in [0.29, 0.717) is 18.7 Å². The summed E-state index contributed by atoms with van der Waals surface area (Å²) in [6.45, 7) is 0.464. The molecule has 0 N–H and O–H groups in total. The molecule has 0 aliphatic carbocycles. The Morgan fingerprint density at radius 2 is 1.91 bits per heavy atom. The van der Waals surface area contributed by atoms with Crippen LogP contribution in [0.25, 0.3) is 0 Å². The van der Waals surface area contributed by atoms with E-state index in [9.17, 15) is 4.39 Å². The van der Waals surface area contributed by atoms with Crippen molar-refractivity contribution in [2.24, 2.45) is 0 Å². The van der Waals surface area contributed by atoms with Crippen LogP contribution in [0.2, 0.25) is 6.32 Å². The molecule has 1 nitrogen and oxygen atoms in total. The van der Waals surface area contributed by atoms with Crippen molar-refractivity contribution in [2.75, 3.05) is 6.61 Å².